The Morgan fingerprint density at radius 1 is 1.00 bits per heavy atom. The molecule has 0 radical (unpaired) electrons. The van der Waals surface area contributed by atoms with Crippen LogP contribution in [0.25, 0.3) is 27.9 Å². The van der Waals surface area contributed by atoms with Crippen molar-refractivity contribution in [1.29, 1.82) is 0 Å². The number of aryl methyl sites for hydroxylation is 1. The molecule has 0 saturated carbocycles. The lowest BCUT2D eigenvalue weighted by molar-refractivity contribution is -0.678. The predicted octanol–water partition coefficient (Wildman–Crippen LogP) is 7.19. The Kier molecular flexibility index (Phi) is 7.92. The van der Waals surface area contributed by atoms with E-state index in [2.05, 4.69) is 60.0 Å². The monoisotopic (exact) mass is 392 g/mol. The van der Waals surface area contributed by atoms with E-state index >= 15 is 0 Å². The number of oxazole rings is 1. The summed E-state index contributed by atoms with van der Waals surface area (Å²) in [5.41, 5.74) is 3.21. The van der Waals surface area contributed by atoms with Gasteiger partial charge >= 0.3 is 5.89 Å². The number of ether oxygens (including phenoxy) is 1. The third-order valence-electron chi connectivity index (χ3n) is 5.28. The van der Waals surface area contributed by atoms with Gasteiger partial charge in [0, 0.05) is 17.9 Å². The van der Waals surface area contributed by atoms with Gasteiger partial charge in [0.1, 0.15) is 0 Å². The van der Waals surface area contributed by atoms with Crippen LogP contribution in [-0.2, 0) is 11.3 Å². The van der Waals surface area contributed by atoms with Crippen molar-refractivity contribution in [2.24, 2.45) is 0 Å². The number of unbranched alkanes of at least 4 members (excludes halogenated alkanes) is 5. The average molecular weight is 393 g/mol. The van der Waals surface area contributed by atoms with Crippen LogP contribution in [-0.4, -0.2) is 6.61 Å². The van der Waals surface area contributed by atoms with Gasteiger partial charge in [-0.25, -0.2) is 0 Å². The number of aromatic nitrogens is 1. The van der Waals surface area contributed by atoms with E-state index in [1.165, 1.54) is 54.8 Å². The van der Waals surface area contributed by atoms with Crippen molar-refractivity contribution in [3.63, 3.8) is 0 Å². The summed E-state index contributed by atoms with van der Waals surface area (Å²) in [5.74, 6) is 0.897. The van der Waals surface area contributed by atoms with Gasteiger partial charge in [0.15, 0.2) is 6.54 Å². The molecule has 0 unspecified atom stereocenters. The molecule has 0 spiro atoms. The molecule has 3 aromatic rings. The SMILES string of the molecule is CCCCCCCC[n+]1c(/C=C/C(C)=C/OCC)oc2c3ccccc3ccc21. The Labute approximate surface area is 174 Å². The molecular formula is C26H34NO2+. The second-order valence-corrected chi connectivity index (χ2v) is 7.65. The summed E-state index contributed by atoms with van der Waals surface area (Å²) in [6.45, 7) is 7.96. The maximum Gasteiger partial charge on any atom is 0.374 e. The fourth-order valence-corrected chi connectivity index (χ4v) is 3.69. The number of hydrogen-bond acceptors (Lipinski definition) is 2. The van der Waals surface area contributed by atoms with Gasteiger partial charge in [0.25, 0.3) is 5.52 Å². The Morgan fingerprint density at radius 3 is 2.62 bits per heavy atom. The van der Waals surface area contributed by atoms with Gasteiger partial charge in [-0.2, -0.15) is 4.57 Å². The van der Waals surface area contributed by atoms with Crippen LogP contribution in [0, 0.1) is 0 Å². The van der Waals surface area contributed by atoms with Gasteiger partial charge in [0.05, 0.1) is 18.9 Å². The van der Waals surface area contributed by atoms with E-state index in [9.17, 15) is 0 Å². The van der Waals surface area contributed by atoms with Crippen molar-refractivity contribution in [3.8, 4) is 0 Å². The third-order valence-corrected chi connectivity index (χ3v) is 5.28. The van der Waals surface area contributed by atoms with Gasteiger partial charge in [0.2, 0.25) is 5.58 Å². The molecular weight excluding hydrogens is 358 g/mol. The quantitative estimate of drug-likeness (QED) is 0.149. The zero-order chi connectivity index (χ0) is 20.5. The molecule has 0 saturated heterocycles. The van der Waals surface area contributed by atoms with Gasteiger partial charge in [-0.05, 0) is 43.4 Å². The standard InChI is InChI=1S/C26H34NO2/c1-4-6-7-8-9-12-19-27-24-17-16-22-13-10-11-14-23(22)26(24)29-25(27)18-15-21(3)20-28-5-2/h10-11,13-18,20H,4-9,12,19H2,1-3H3/q+1/b18-15+,21-20+. The molecule has 0 fully saturated rings. The van der Waals surface area contributed by atoms with E-state index in [1.807, 2.05) is 13.8 Å². The molecule has 0 aliphatic heterocycles. The molecule has 29 heavy (non-hydrogen) atoms. The highest BCUT2D eigenvalue weighted by molar-refractivity contribution is 6.01. The summed E-state index contributed by atoms with van der Waals surface area (Å²) < 4.78 is 14.1. The normalized spacial score (nSPS) is 12.4. The van der Waals surface area contributed by atoms with Crippen LogP contribution in [0.5, 0.6) is 0 Å². The summed E-state index contributed by atoms with van der Waals surface area (Å²) in [7, 11) is 0. The molecule has 0 aliphatic rings. The maximum atomic E-state index is 6.37. The third kappa shape index (κ3) is 5.50. The molecule has 0 aliphatic carbocycles. The van der Waals surface area contributed by atoms with Crippen molar-refractivity contribution in [1.82, 2.24) is 0 Å². The summed E-state index contributed by atoms with van der Waals surface area (Å²) in [6, 6.07) is 12.8. The fraction of sp³-hybridized carbons (Fsp3) is 0.423. The number of rotatable bonds is 11. The summed E-state index contributed by atoms with van der Waals surface area (Å²) in [4.78, 5) is 0. The molecule has 1 aromatic heterocycles. The van der Waals surface area contributed by atoms with Gasteiger partial charge in [-0.1, -0.05) is 56.9 Å². The molecule has 0 bridgehead atoms. The predicted molar refractivity (Wildman–Crippen MR) is 122 cm³/mol. The van der Waals surface area contributed by atoms with Crippen LogP contribution in [0.15, 0.2) is 58.7 Å². The lowest BCUT2D eigenvalue weighted by Gasteiger charge is -1.99. The zero-order valence-electron chi connectivity index (χ0n) is 18.1. The van der Waals surface area contributed by atoms with Crippen LogP contribution in [0.2, 0.25) is 0 Å². The van der Waals surface area contributed by atoms with Crippen molar-refractivity contribution in [2.75, 3.05) is 6.61 Å². The molecule has 0 N–H and O–H groups in total. The van der Waals surface area contributed by atoms with E-state index < -0.39 is 0 Å². The van der Waals surface area contributed by atoms with Gasteiger partial charge < -0.3 is 9.15 Å². The number of nitrogens with zero attached hydrogens (tertiary/aromatic N) is 1. The van der Waals surface area contributed by atoms with E-state index in [4.69, 9.17) is 9.15 Å². The van der Waals surface area contributed by atoms with Crippen LogP contribution >= 0.6 is 0 Å². The highest BCUT2D eigenvalue weighted by atomic mass is 16.5. The van der Waals surface area contributed by atoms with Crippen LogP contribution < -0.4 is 4.57 Å². The van der Waals surface area contributed by atoms with E-state index in [0.29, 0.717) is 6.61 Å². The average Bonchev–Trinajstić information content (AvgIpc) is 3.11. The van der Waals surface area contributed by atoms with Crippen molar-refractivity contribution in [2.45, 2.75) is 65.8 Å². The lowest BCUT2D eigenvalue weighted by atomic mass is 10.1. The first-order valence-electron chi connectivity index (χ1n) is 11.0. The molecule has 0 atom stereocenters. The molecule has 0 amide bonds. The van der Waals surface area contributed by atoms with Gasteiger partial charge in [-0.3, -0.25) is 0 Å². The van der Waals surface area contributed by atoms with Crippen LogP contribution in [0.3, 0.4) is 0 Å². The molecule has 3 rings (SSSR count). The summed E-state index contributed by atoms with van der Waals surface area (Å²) >= 11 is 0. The molecule has 3 nitrogen and oxygen atoms in total. The van der Waals surface area contributed by atoms with Crippen molar-refractivity contribution in [3.05, 3.63) is 60.2 Å². The number of benzene rings is 2. The molecule has 1 heterocycles. The first-order valence-corrected chi connectivity index (χ1v) is 11.0. The molecule has 154 valence electrons. The van der Waals surface area contributed by atoms with Gasteiger partial charge in [-0.15, -0.1) is 0 Å². The largest absolute Gasteiger partial charge is 0.501 e. The Hall–Kier alpha value is -2.55. The summed E-state index contributed by atoms with van der Waals surface area (Å²) in [6.07, 6.45) is 13.6. The minimum Gasteiger partial charge on any atom is -0.501 e. The first kappa shape index (κ1) is 21.2. The Morgan fingerprint density at radius 2 is 1.79 bits per heavy atom. The molecule has 3 heteroatoms. The topological polar surface area (TPSA) is 26.2 Å². The van der Waals surface area contributed by atoms with Crippen LogP contribution in [0.1, 0.15) is 65.2 Å². The number of allylic oxidation sites excluding steroid dienone is 2. The smallest absolute Gasteiger partial charge is 0.374 e. The second-order valence-electron chi connectivity index (χ2n) is 7.65. The minimum atomic E-state index is 0.680. The number of hydrogen-bond donors (Lipinski definition) is 0. The highest BCUT2D eigenvalue weighted by Gasteiger charge is 2.22. The summed E-state index contributed by atoms with van der Waals surface area (Å²) in [5, 5.41) is 2.38. The maximum absolute atomic E-state index is 6.37. The highest BCUT2D eigenvalue weighted by Crippen LogP contribution is 2.26. The van der Waals surface area contributed by atoms with Crippen LogP contribution in [0.4, 0.5) is 0 Å². The van der Waals surface area contributed by atoms with E-state index in [1.54, 1.807) is 6.26 Å². The molecule has 2 aromatic carbocycles. The second kappa shape index (κ2) is 10.8. The van der Waals surface area contributed by atoms with Crippen molar-refractivity contribution >= 4 is 27.9 Å². The Balaban J connectivity index is 1.89. The first-order chi connectivity index (χ1) is 14.2. The Bertz CT molecular complexity index is 981. The van der Waals surface area contributed by atoms with Crippen molar-refractivity contribution < 1.29 is 13.7 Å². The zero-order valence-corrected chi connectivity index (χ0v) is 18.1. The lowest BCUT2D eigenvalue weighted by Crippen LogP contribution is -2.35. The minimum absolute atomic E-state index is 0.680. The number of fused-ring (bicyclic) bond motifs is 3. The fourth-order valence-electron chi connectivity index (χ4n) is 3.69. The van der Waals surface area contributed by atoms with E-state index in [-0.39, 0.29) is 0 Å². The van der Waals surface area contributed by atoms with E-state index in [0.717, 1.165) is 23.6 Å².